The van der Waals surface area contributed by atoms with E-state index in [1.165, 1.54) is 12.1 Å². The van der Waals surface area contributed by atoms with E-state index in [0.29, 0.717) is 19.0 Å². The van der Waals surface area contributed by atoms with Crippen LogP contribution in [0, 0.1) is 10.1 Å². The van der Waals surface area contributed by atoms with Crippen LogP contribution in [-0.4, -0.2) is 62.5 Å². The normalized spacial score (nSPS) is 16.5. The molecule has 2 aliphatic heterocycles. The van der Waals surface area contributed by atoms with Crippen molar-refractivity contribution in [2.45, 2.75) is 6.04 Å². The van der Waals surface area contributed by atoms with Gasteiger partial charge in [0.25, 0.3) is 11.6 Å². The highest BCUT2D eigenvalue weighted by Crippen LogP contribution is 2.38. The van der Waals surface area contributed by atoms with Gasteiger partial charge in [0.2, 0.25) is 6.79 Å². The number of nitrogens with one attached hydrogen (secondary N) is 1. The number of nitro groups is 1. The number of fused-ring (bicyclic) bond motifs is 1. The van der Waals surface area contributed by atoms with Crippen LogP contribution < -0.4 is 19.5 Å². The summed E-state index contributed by atoms with van der Waals surface area (Å²) in [4.78, 5) is 26.0. The molecule has 1 N–H and O–H groups in total. The molecule has 0 saturated carbocycles. The smallest absolute Gasteiger partial charge is 0.286 e. The van der Waals surface area contributed by atoms with Gasteiger partial charge in [0, 0.05) is 25.7 Å². The maximum absolute atomic E-state index is 12.9. The number of hydrogen-bond donors (Lipinski definition) is 1. The number of carbonyl (C=O) groups is 1. The zero-order chi connectivity index (χ0) is 21.8. The minimum Gasteiger partial charge on any atom is -0.497 e. The highest BCUT2D eigenvalue weighted by molar-refractivity contribution is 5.99. The average Bonchev–Trinajstić information content (AvgIpc) is 3.27. The maximum atomic E-state index is 12.9. The Balaban J connectivity index is 1.55. The molecule has 0 aromatic heterocycles. The molecule has 2 aliphatic rings. The molecule has 0 bridgehead atoms. The first-order valence-electron chi connectivity index (χ1n) is 9.89. The number of methoxy groups -OCH3 is 1. The fourth-order valence-corrected chi connectivity index (χ4v) is 3.72. The first kappa shape index (κ1) is 20.9. The molecule has 4 rings (SSSR count). The van der Waals surface area contributed by atoms with Gasteiger partial charge in [-0.05, 0) is 17.7 Å². The molecule has 31 heavy (non-hydrogen) atoms. The van der Waals surface area contributed by atoms with Gasteiger partial charge in [-0.25, -0.2) is 0 Å². The maximum Gasteiger partial charge on any atom is 0.286 e. The molecule has 2 aromatic rings. The first-order chi connectivity index (χ1) is 15.1. The van der Waals surface area contributed by atoms with Gasteiger partial charge in [-0.15, -0.1) is 0 Å². The lowest BCUT2D eigenvalue weighted by molar-refractivity contribution is -0.385. The molecule has 0 spiro atoms. The van der Waals surface area contributed by atoms with Crippen LogP contribution in [0.1, 0.15) is 22.0 Å². The number of amides is 1. The molecule has 1 atom stereocenters. The van der Waals surface area contributed by atoms with E-state index in [0.717, 1.165) is 24.4 Å². The number of hydrogen-bond acceptors (Lipinski definition) is 8. The molecule has 0 aliphatic carbocycles. The van der Waals surface area contributed by atoms with Crippen LogP contribution in [0.4, 0.5) is 5.69 Å². The molecule has 1 amide bonds. The fourth-order valence-electron chi connectivity index (χ4n) is 3.72. The van der Waals surface area contributed by atoms with Crippen molar-refractivity contribution in [1.82, 2.24) is 10.2 Å². The number of morpholine rings is 1. The summed E-state index contributed by atoms with van der Waals surface area (Å²) >= 11 is 0. The third-order valence-electron chi connectivity index (χ3n) is 5.38. The quantitative estimate of drug-likeness (QED) is 0.526. The summed E-state index contributed by atoms with van der Waals surface area (Å²) in [6.45, 7) is 2.89. The minimum absolute atomic E-state index is 0.0336. The van der Waals surface area contributed by atoms with Crippen LogP contribution in [0.3, 0.4) is 0 Å². The summed E-state index contributed by atoms with van der Waals surface area (Å²) in [5.41, 5.74) is 0.613. The molecule has 2 heterocycles. The van der Waals surface area contributed by atoms with Gasteiger partial charge in [-0.1, -0.05) is 12.1 Å². The Morgan fingerprint density at radius 2 is 1.87 bits per heavy atom. The van der Waals surface area contributed by atoms with E-state index in [2.05, 4.69) is 10.2 Å². The molecule has 0 unspecified atom stereocenters. The topological polar surface area (TPSA) is 112 Å². The third kappa shape index (κ3) is 4.54. The second kappa shape index (κ2) is 9.19. The van der Waals surface area contributed by atoms with E-state index >= 15 is 0 Å². The van der Waals surface area contributed by atoms with Gasteiger partial charge >= 0.3 is 0 Å². The second-order valence-corrected chi connectivity index (χ2v) is 7.13. The third-order valence-corrected chi connectivity index (χ3v) is 5.38. The molecule has 1 saturated heterocycles. The molecule has 10 heteroatoms. The summed E-state index contributed by atoms with van der Waals surface area (Å²) in [6, 6.07) is 10.1. The number of nitro benzene ring substituents is 1. The predicted octanol–water partition coefficient (Wildman–Crippen LogP) is 2.14. The Morgan fingerprint density at radius 3 is 2.52 bits per heavy atom. The van der Waals surface area contributed by atoms with E-state index in [9.17, 15) is 14.9 Å². The van der Waals surface area contributed by atoms with Crippen molar-refractivity contribution in [2.24, 2.45) is 0 Å². The van der Waals surface area contributed by atoms with Crippen molar-refractivity contribution < 1.29 is 28.7 Å². The van der Waals surface area contributed by atoms with E-state index < -0.39 is 10.8 Å². The average molecular weight is 429 g/mol. The van der Waals surface area contributed by atoms with E-state index in [-0.39, 0.29) is 36.4 Å². The summed E-state index contributed by atoms with van der Waals surface area (Å²) in [5, 5.41) is 14.3. The predicted molar refractivity (Wildman–Crippen MR) is 110 cm³/mol. The van der Waals surface area contributed by atoms with Crippen LogP contribution in [0.15, 0.2) is 36.4 Å². The number of nitrogens with zero attached hydrogens (tertiary/aromatic N) is 2. The van der Waals surface area contributed by atoms with Gasteiger partial charge in [0.1, 0.15) is 11.3 Å². The Hall–Kier alpha value is -3.37. The van der Waals surface area contributed by atoms with Crippen molar-refractivity contribution in [3.05, 3.63) is 57.6 Å². The lowest BCUT2D eigenvalue weighted by Gasteiger charge is -2.35. The lowest BCUT2D eigenvalue weighted by atomic mass is 10.0. The van der Waals surface area contributed by atoms with Crippen LogP contribution in [0.5, 0.6) is 17.2 Å². The summed E-state index contributed by atoms with van der Waals surface area (Å²) in [6.07, 6.45) is 0. The van der Waals surface area contributed by atoms with Crippen molar-refractivity contribution >= 4 is 11.6 Å². The van der Waals surface area contributed by atoms with Crippen LogP contribution in [0.25, 0.3) is 0 Å². The van der Waals surface area contributed by atoms with Gasteiger partial charge in [0.05, 0.1) is 37.4 Å². The lowest BCUT2D eigenvalue weighted by Crippen LogP contribution is -2.43. The molecule has 0 radical (unpaired) electrons. The first-order valence-corrected chi connectivity index (χ1v) is 9.89. The van der Waals surface area contributed by atoms with Gasteiger partial charge in [-0.3, -0.25) is 19.8 Å². The van der Waals surface area contributed by atoms with Crippen molar-refractivity contribution in [3.63, 3.8) is 0 Å². The number of benzene rings is 2. The number of carbonyl (C=O) groups excluding carboxylic acids is 1. The second-order valence-electron chi connectivity index (χ2n) is 7.13. The molecule has 10 nitrogen and oxygen atoms in total. The molecular weight excluding hydrogens is 406 g/mol. The summed E-state index contributed by atoms with van der Waals surface area (Å²) in [7, 11) is 1.60. The number of rotatable bonds is 7. The Kier molecular flexibility index (Phi) is 6.19. The van der Waals surface area contributed by atoms with Crippen molar-refractivity contribution in [3.8, 4) is 17.2 Å². The summed E-state index contributed by atoms with van der Waals surface area (Å²) in [5.74, 6) is 0.768. The van der Waals surface area contributed by atoms with Gasteiger partial charge in [-0.2, -0.15) is 0 Å². The minimum atomic E-state index is -0.597. The van der Waals surface area contributed by atoms with E-state index in [1.807, 2.05) is 24.3 Å². The molecule has 164 valence electrons. The Morgan fingerprint density at radius 1 is 1.19 bits per heavy atom. The summed E-state index contributed by atoms with van der Waals surface area (Å²) < 4.78 is 21.2. The molecular formula is C21H23N3O7. The largest absolute Gasteiger partial charge is 0.497 e. The van der Waals surface area contributed by atoms with E-state index in [1.54, 1.807) is 7.11 Å². The highest BCUT2D eigenvalue weighted by atomic mass is 16.7. The Bertz CT molecular complexity index is 958. The molecule has 2 aromatic carbocycles. The van der Waals surface area contributed by atoms with E-state index in [4.69, 9.17) is 18.9 Å². The number of ether oxygens (including phenoxy) is 4. The van der Waals surface area contributed by atoms with Crippen molar-refractivity contribution in [2.75, 3.05) is 46.8 Å². The van der Waals surface area contributed by atoms with Gasteiger partial charge < -0.3 is 24.3 Å². The molecule has 1 fully saturated rings. The van der Waals surface area contributed by atoms with Crippen LogP contribution in [-0.2, 0) is 4.74 Å². The monoisotopic (exact) mass is 429 g/mol. The standard InChI is InChI=1S/C21H23N3O7/c1-28-15-4-2-14(3-5-15)18(23-6-8-29-9-7-23)12-22-21(25)16-10-19-20(31-13-30-19)11-17(16)24(26)27/h2-5,10-11,18H,6-9,12-13H2,1H3,(H,22,25)/t18-/m0/s1. The SMILES string of the molecule is COc1ccc([C@H](CNC(=O)c2cc3c(cc2[N+](=O)[O-])OCO3)N2CCOCC2)cc1. The van der Waals surface area contributed by atoms with Crippen LogP contribution in [0.2, 0.25) is 0 Å². The Labute approximate surface area is 178 Å². The fraction of sp³-hybridized carbons (Fsp3) is 0.381. The zero-order valence-corrected chi connectivity index (χ0v) is 17.0. The zero-order valence-electron chi connectivity index (χ0n) is 17.0. The van der Waals surface area contributed by atoms with Crippen LogP contribution >= 0.6 is 0 Å². The van der Waals surface area contributed by atoms with Gasteiger partial charge in [0.15, 0.2) is 11.5 Å². The highest BCUT2D eigenvalue weighted by Gasteiger charge is 2.29. The van der Waals surface area contributed by atoms with Crippen molar-refractivity contribution in [1.29, 1.82) is 0 Å².